The van der Waals surface area contributed by atoms with E-state index in [0.29, 0.717) is 18.6 Å². The van der Waals surface area contributed by atoms with Crippen LogP contribution in [0.2, 0.25) is 0 Å². The third-order valence-electron chi connectivity index (χ3n) is 3.72. The quantitative estimate of drug-likeness (QED) is 0.592. The Morgan fingerprint density at radius 1 is 1.39 bits per heavy atom. The number of amides is 1. The molecule has 0 saturated heterocycles. The molecule has 2 atom stereocenters. The first kappa shape index (κ1) is 17.4. The zero-order valence-electron chi connectivity index (χ0n) is 13.0. The first-order valence-electron chi connectivity index (χ1n) is 7.41. The van der Waals surface area contributed by atoms with Crippen LogP contribution in [0.25, 0.3) is 10.9 Å². The van der Waals surface area contributed by atoms with Crippen LogP contribution in [0.5, 0.6) is 0 Å². The SMILES string of the molecule is CSCC[C@H](NC(=O)[C@@H]([NH3+])Cc1c[nH]c2ccccc12)C(=O)[O-]. The predicted molar refractivity (Wildman–Crippen MR) is 88.6 cm³/mol. The Bertz CT molecular complexity index is 686. The highest BCUT2D eigenvalue weighted by atomic mass is 32.2. The molecule has 1 aromatic carbocycles. The van der Waals surface area contributed by atoms with Crippen molar-refractivity contribution in [2.24, 2.45) is 0 Å². The Morgan fingerprint density at radius 3 is 2.83 bits per heavy atom. The van der Waals surface area contributed by atoms with Crippen LogP contribution in [0.4, 0.5) is 0 Å². The Labute approximate surface area is 138 Å². The van der Waals surface area contributed by atoms with Crippen molar-refractivity contribution in [2.45, 2.75) is 24.9 Å². The molecule has 0 aliphatic rings. The van der Waals surface area contributed by atoms with E-state index in [2.05, 4.69) is 16.0 Å². The molecular formula is C16H21N3O3S. The van der Waals surface area contributed by atoms with Gasteiger partial charge in [0.25, 0.3) is 5.91 Å². The topological polar surface area (TPSA) is 113 Å². The van der Waals surface area contributed by atoms with Crippen molar-refractivity contribution in [2.75, 3.05) is 12.0 Å². The molecule has 1 amide bonds. The maximum atomic E-state index is 12.2. The number of aromatic amines is 1. The molecule has 0 fully saturated rings. The van der Waals surface area contributed by atoms with Crippen LogP contribution in [-0.4, -0.2) is 41.0 Å². The van der Waals surface area contributed by atoms with Crippen LogP contribution in [0.15, 0.2) is 30.5 Å². The molecule has 0 radical (unpaired) electrons. The molecule has 5 N–H and O–H groups in total. The van der Waals surface area contributed by atoms with Crippen LogP contribution >= 0.6 is 11.8 Å². The second-order valence-corrected chi connectivity index (χ2v) is 6.41. The fourth-order valence-electron chi connectivity index (χ4n) is 2.43. The minimum absolute atomic E-state index is 0.342. The van der Waals surface area contributed by atoms with Gasteiger partial charge in [0, 0.05) is 23.5 Å². The monoisotopic (exact) mass is 335 g/mol. The van der Waals surface area contributed by atoms with Gasteiger partial charge in [0.2, 0.25) is 0 Å². The number of carbonyl (C=O) groups is 2. The molecule has 2 rings (SSSR count). The lowest BCUT2D eigenvalue weighted by atomic mass is 10.0. The summed E-state index contributed by atoms with van der Waals surface area (Å²) in [5.74, 6) is -0.985. The molecule has 0 unspecified atom stereocenters. The Hall–Kier alpha value is -1.99. The van der Waals surface area contributed by atoms with Crippen LogP contribution in [0.1, 0.15) is 12.0 Å². The Kier molecular flexibility index (Phi) is 6.06. The average Bonchev–Trinajstić information content (AvgIpc) is 2.94. The van der Waals surface area contributed by atoms with E-state index in [1.165, 1.54) is 11.8 Å². The number of carboxylic acid groups (broad SMARTS) is 1. The zero-order valence-corrected chi connectivity index (χ0v) is 13.8. The summed E-state index contributed by atoms with van der Waals surface area (Å²) in [6.45, 7) is 0. The summed E-state index contributed by atoms with van der Waals surface area (Å²) in [6, 6.07) is 6.28. The summed E-state index contributed by atoms with van der Waals surface area (Å²) in [4.78, 5) is 26.4. The number of hydrogen-bond acceptors (Lipinski definition) is 4. The molecular weight excluding hydrogens is 314 g/mol. The number of para-hydroxylation sites is 1. The maximum Gasteiger partial charge on any atom is 0.279 e. The molecule has 0 saturated carbocycles. The molecule has 1 heterocycles. The Morgan fingerprint density at radius 2 is 2.13 bits per heavy atom. The predicted octanol–water partition coefficient (Wildman–Crippen LogP) is -0.691. The van der Waals surface area contributed by atoms with Gasteiger partial charge in [-0.05, 0) is 30.1 Å². The molecule has 2 aromatic rings. The number of benzene rings is 1. The Balaban J connectivity index is 2.00. The van der Waals surface area contributed by atoms with Crippen molar-refractivity contribution >= 4 is 34.5 Å². The summed E-state index contributed by atoms with van der Waals surface area (Å²) in [5.41, 5.74) is 5.86. The third-order valence-corrected chi connectivity index (χ3v) is 4.37. The highest BCUT2D eigenvalue weighted by Gasteiger charge is 2.22. The molecule has 23 heavy (non-hydrogen) atoms. The number of carbonyl (C=O) groups excluding carboxylic acids is 2. The van der Waals surface area contributed by atoms with E-state index < -0.39 is 18.1 Å². The van der Waals surface area contributed by atoms with Crippen LogP contribution < -0.4 is 16.2 Å². The number of rotatable bonds is 8. The van der Waals surface area contributed by atoms with Crippen molar-refractivity contribution in [3.8, 4) is 0 Å². The van der Waals surface area contributed by atoms with E-state index in [4.69, 9.17) is 0 Å². The van der Waals surface area contributed by atoms with Gasteiger partial charge in [-0.15, -0.1) is 0 Å². The number of thioether (sulfide) groups is 1. The standard InChI is InChI=1S/C16H21N3O3S/c1-23-7-6-14(16(21)22)19-15(20)12(17)8-10-9-18-13-5-3-2-4-11(10)13/h2-5,9,12,14,18H,6-8,17H2,1H3,(H,19,20)(H,21,22)/t12-,14-/m0/s1. The van der Waals surface area contributed by atoms with Gasteiger partial charge in [-0.1, -0.05) is 18.2 Å². The zero-order chi connectivity index (χ0) is 16.8. The van der Waals surface area contributed by atoms with Gasteiger partial charge < -0.3 is 25.9 Å². The van der Waals surface area contributed by atoms with Gasteiger partial charge in [-0.2, -0.15) is 11.8 Å². The number of aromatic nitrogens is 1. The average molecular weight is 335 g/mol. The molecule has 124 valence electrons. The smallest absolute Gasteiger partial charge is 0.279 e. The van der Waals surface area contributed by atoms with Gasteiger partial charge in [0.1, 0.15) is 0 Å². The van der Waals surface area contributed by atoms with Crippen molar-refractivity contribution in [3.05, 3.63) is 36.0 Å². The number of fused-ring (bicyclic) bond motifs is 1. The van der Waals surface area contributed by atoms with Gasteiger partial charge in [0.05, 0.1) is 12.0 Å². The highest BCUT2D eigenvalue weighted by molar-refractivity contribution is 7.98. The lowest BCUT2D eigenvalue weighted by Crippen LogP contribution is -2.69. The number of H-pyrrole nitrogens is 1. The number of nitrogens with one attached hydrogen (secondary N) is 2. The second kappa shape index (κ2) is 8.03. The van der Waals surface area contributed by atoms with E-state index in [9.17, 15) is 14.7 Å². The molecule has 6 nitrogen and oxygen atoms in total. The van der Waals surface area contributed by atoms with Crippen molar-refractivity contribution in [3.63, 3.8) is 0 Å². The van der Waals surface area contributed by atoms with Gasteiger partial charge >= 0.3 is 0 Å². The fraction of sp³-hybridized carbons (Fsp3) is 0.375. The van der Waals surface area contributed by atoms with E-state index in [0.717, 1.165) is 16.5 Å². The highest BCUT2D eigenvalue weighted by Crippen LogP contribution is 2.18. The largest absolute Gasteiger partial charge is 0.548 e. The summed E-state index contributed by atoms with van der Waals surface area (Å²) < 4.78 is 0. The first-order chi connectivity index (χ1) is 11.0. The lowest BCUT2D eigenvalue weighted by molar-refractivity contribution is -0.403. The summed E-state index contributed by atoms with van der Waals surface area (Å²) in [5, 5.41) is 14.7. The van der Waals surface area contributed by atoms with Crippen molar-refractivity contribution < 1.29 is 20.4 Å². The normalized spacial score (nSPS) is 13.7. The molecule has 7 heteroatoms. The number of carboxylic acids is 1. The van der Waals surface area contributed by atoms with Gasteiger partial charge in [0.15, 0.2) is 6.04 Å². The van der Waals surface area contributed by atoms with Crippen LogP contribution in [0, 0.1) is 0 Å². The minimum atomic E-state index is -1.26. The molecule has 1 aromatic heterocycles. The van der Waals surface area contributed by atoms with Crippen molar-refractivity contribution in [1.82, 2.24) is 10.3 Å². The summed E-state index contributed by atoms with van der Waals surface area (Å²) >= 11 is 1.53. The molecule has 0 aliphatic heterocycles. The molecule has 0 aliphatic carbocycles. The van der Waals surface area contributed by atoms with Gasteiger partial charge in [-0.25, -0.2) is 0 Å². The van der Waals surface area contributed by atoms with Crippen LogP contribution in [0.3, 0.4) is 0 Å². The molecule has 0 bridgehead atoms. The second-order valence-electron chi connectivity index (χ2n) is 5.42. The lowest BCUT2D eigenvalue weighted by Gasteiger charge is -2.20. The van der Waals surface area contributed by atoms with Gasteiger partial charge in [-0.3, -0.25) is 4.79 Å². The maximum absolute atomic E-state index is 12.2. The first-order valence-corrected chi connectivity index (χ1v) is 8.80. The van der Waals surface area contributed by atoms with E-state index in [1.807, 2.05) is 36.7 Å². The van der Waals surface area contributed by atoms with E-state index >= 15 is 0 Å². The number of hydrogen-bond donors (Lipinski definition) is 3. The fourth-order valence-corrected chi connectivity index (χ4v) is 2.90. The summed E-state index contributed by atoms with van der Waals surface area (Å²) in [7, 11) is 0. The summed E-state index contributed by atoms with van der Waals surface area (Å²) in [6.07, 6.45) is 4.53. The number of quaternary nitrogens is 1. The van der Waals surface area contributed by atoms with E-state index in [-0.39, 0.29) is 5.91 Å². The minimum Gasteiger partial charge on any atom is -0.548 e. The third kappa shape index (κ3) is 4.49. The van der Waals surface area contributed by atoms with E-state index in [1.54, 1.807) is 0 Å². The number of aliphatic carboxylic acids is 1. The van der Waals surface area contributed by atoms with Crippen LogP contribution in [-0.2, 0) is 16.0 Å². The molecule has 0 spiro atoms. The van der Waals surface area contributed by atoms with Crippen molar-refractivity contribution in [1.29, 1.82) is 0 Å².